The third-order valence-corrected chi connectivity index (χ3v) is 0.932. The molecule has 0 aromatic heterocycles. The van der Waals surface area contributed by atoms with E-state index in [0.717, 1.165) is 12.2 Å². The van der Waals surface area contributed by atoms with Gasteiger partial charge in [0, 0.05) is 12.2 Å². The van der Waals surface area contributed by atoms with Crippen molar-refractivity contribution in [3.63, 3.8) is 0 Å². The van der Waals surface area contributed by atoms with E-state index in [2.05, 4.69) is 4.74 Å². The summed E-state index contributed by atoms with van der Waals surface area (Å²) in [4.78, 5) is 40.5. The van der Waals surface area contributed by atoms with E-state index in [1.54, 1.807) is 0 Å². The highest BCUT2D eigenvalue weighted by Crippen LogP contribution is 1.91. The highest BCUT2D eigenvalue weighted by molar-refractivity contribution is 5.87. The quantitative estimate of drug-likeness (QED) is 0.336. The molecule has 0 aliphatic heterocycles. The molecule has 0 radical (unpaired) electrons. The molecular weight excluding hydrogens is 176 g/mol. The van der Waals surface area contributed by atoms with E-state index in [1.807, 2.05) is 0 Å². The number of hydrogen-bond donors (Lipinski definition) is 0. The molecule has 13 heavy (non-hydrogen) atoms. The van der Waals surface area contributed by atoms with Gasteiger partial charge in [0.25, 0.3) is 0 Å². The minimum absolute atomic E-state index is 0.306. The Kier molecular flexibility index (Phi) is 5.72. The summed E-state index contributed by atoms with van der Waals surface area (Å²) in [6.07, 6.45) is 1.18. The molecule has 0 aromatic rings. The van der Waals surface area contributed by atoms with Crippen molar-refractivity contribution in [2.75, 3.05) is 0 Å². The number of carbonyl (C=O) groups is 2. The Bertz CT molecular complexity index is 262. The normalized spacial score (nSPS) is 7.69. The molecule has 0 rings (SSSR count). The van der Waals surface area contributed by atoms with Crippen LogP contribution in [0.5, 0.6) is 0 Å². The van der Waals surface area contributed by atoms with E-state index in [4.69, 9.17) is 0 Å². The highest BCUT2D eigenvalue weighted by atomic mass is 16.6. The van der Waals surface area contributed by atoms with Crippen molar-refractivity contribution in [1.29, 1.82) is 0 Å². The molecule has 0 saturated heterocycles. The maximum absolute atomic E-state index is 10.6. The van der Waals surface area contributed by atoms with Crippen molar-refractivity contribution in [3.8, 4) is 0 Å². The zero-order valence-electron chi connectivity index (χ0n) is 6.61. The Morgan fingerprint density at radius 1 is 1.00 bits per heavy atom. The van der Waals surface area contributed by atoms with Crippen molar-refractivity contribution in [3.05, 3.63) is 12.2 Å². The summed E-state index contributed by atoms with van der Waals surface area (Å²) in [6, 6.07) is 0. The summed E-state index contributed by atoms with van der Waals surface area (Å²) in [5.41, 5.74) is 0. The second kappa shape index (κ2) is 6.73. The topological polar surface area (TPSA) is 77.5 Å². The monoisotopic (exact) mass is 182 g/mol. The average Bonchev–Trinajstić information content (AvgIpc) is 2.11. The summed E-state index contributed by atoms with van der Waals surface area (Å²) in [6.45, 7) is 0. The zero-order valence-corrected chi connectivity index (χ0v) is 6.61. The molecule has 0 atom stereocenters. The molecule has 0 saturated carbocycles. The van der Waals surface area contributed by atoms with Gasteiger partial charge in [-0.25, -0.2) is 9.59 Å². The number of hydrogen-bond acceptors (Lipinski definition) is 5. The molecule has 0 aliphatic rings. The van der Waals surface area contributed by atoms with Crippen LogP contribution >= 0.6 is 0 Å². The maximum atomic E-state index is 10.6. The Morgan fingerprint density at radius 3 is 1.69 bits per heavy atom. The largest absolute Gasteiger partial charge is 0.393 e. The van der Waals surface area contributed by atoms with Gasteiger partial charge in [-0.1, -0.05) is 0 Å². The SMILES string of the molecule is O=C=CCC(=O)OC(=O)CC=C=O. The highest BCUT2D eigenvalue weighted by Gasteiger charge is 2.06. The number of carbonyl (C=O) groups excluding carboxylic acids is 4. The molecule has 0 bridgehead atoms. The fourth-order valence-electron chi connectivity index (χ4n) is 0.460. The molecule has 5 nitrogen and oxygen atoms in total. The molecule has 0 fully saturated rings. The number of ether oxygens (including phenoxy) is 1. The average molecular weight is 182 g/mol. The van der Waals surface area contributed by atoms with Crippen LogP contribution in [-0.4, -0.2) is 23.8 Å². The maximum Gasteiger partial charge on any atom is 0.318 e. The molecule has 0 unspecified atom stereocenters. The van der Waals surface area contributed by atoms with Gasteiger partial charge in [0.2, 0.25) is 0 Å². The van der Waals surface area contributed by atoms with E-state index in [9.17, 15) is 19.2 Å². The van der Waals surface area contributed by atoms with E-state index in [0.29, 0.717) is 0 Å². The lowest BCUT2D eigenvalue weighted by Crippen LogP contribution is -2.10. The van der Waals surface area contributed by atoms with E-state index in [1.165, 1.54) is 11.9 Å². The van der Waals surface area contributed by atoms with Crippen molar-refractivity contribution >= 4 is 23.8 Å². The zero-order chi connectivity index (χ0) is 10.1. The van der Waals surface area contributed by atoms with Crippen molar-refractivity contribution in [1.82, 2.24) is 0 Å². The van der Waals surface area contributed by atoms with Gasteiger partial charge in [0.1, 0.15) is 11.9 Å². The standard InChI is InChI=1S/C8H6O5/c9-5-1-3-7(11)13-8(12)4-2-6-10/h1-2H,3-4H2. The van der Waals surface area contributed by atoms with Crippen LogP contribution in [0.4, 0.5) is 0 Å². The van der Waals surface area contributed by atoms with Crippen molar-refractivity contribution < 1.29 is 23.9 Å². The van der Waals surface area contributed by atoms with Gasteiger partial charge in [-0.2, -0.15) is 0 Å². The molecule has 0 amide bonds. The van der Waals surface area contributed by atoms with Crippen LogP contribution in [0, 0.1) is 0 Å². The fraction of sp³-hybridized carbons (Fsp3) is 0.250. The molecule has 0 spiro atoms. The fourth-order valence-corrected chi connectivity index (χ4v) is 0.460. The Hall–Kier alpha value is -1.96. The summed E-state index contributed by atoms with van der Waals surface area (Å²) in [5.74, 6) is 1.01. The van der Waals surface area contributed by atoms with Gasteiger partial charge in [0.15, 0.2) is 0 Å². The van der Waals surface area contributed by atoms with Gasteiger partial charge in [-0.15, -0.1) is 0 Å². The van der Waals surface area contributed by atoms with Gasteiger partial charge in [-0.05, 0) is 0 Å². The molecular formula is C8H6O5. The first kappa shape index (κ1) is 11.0. The second-order valence-electron chi connectivity index (χ2n) is 1.90. The third kappa shape index (κ3) is 6.44. The number of esters is 2. The lowest BCUT2D eigenvalue weighted by atomic mass is 10.4. The van der Waals surface area contributed by atoms with Crippen LogP contribution in [0.25, 0.3) is 0 Å². The Morgan fingerprint density at radius 2 is 1.38 bits per heavy atom. The molecule has 5 heteroatoms. The van der Waals surface area contributed by atoms with Gasteiger partial charge < -0.3 is 4.74 Å². The van der Waals surface area contributed by atoms with Crippen LogP contribution in [-0.2, 0) is 23.9 Å². The number of rotatable bonds is 4. The smallest absolute Gasteiger partial charge is 0.318 e. The third-order valence-electron chi connectivity index (χ3n) is 0.932. The van der Waals surface area contributed by atoms with Crippen LogP contribution in [0.15, 0.2) is 12.2 Å². The lowest BCUT2D eigenvalue weighted by Gasteiger charge is -1.95. The van der Waals surface area contributed by atoms with Gasteiger partial charge in [0.05, 0.1) is 12.8 Å². The van der Waals surface area contributed by atoms with Crippen LogP contribution in [0.1, 0.15) is 12.8 Å². The molecule has 0 heterocycles. The summed E-state index contributed by atoms with van der Waals surface area (Å²) in [5, 5.41) is 0. The van der Waals surface area contributed by atoms with Crippen LogP contribution in [0.2, 0.25) is 0 Å². The summed E-state index contributed by atoms with van der Waals surface area (Å²) < 4.78 is 4.16. The molecule has 0 N–H and O–H groups in total. The Labute approximate surface area is 73.7 Å². The van der Waals surface area contributed by atoms with Crippen LogP contribution < -0.4 is 0 Å². The van der Waals surface area contributed by atoms with E-state index < -0.39 is 11.9 Å². The lowest BCUT2D eigenvalue weighted by molar-refractivity contribution is -0.158. The molecule has 0 aromatic carbocycles. The first-order valence-electron chi connectivity index (χ1n) is 3.33. The predicted molar refractivity (Wildman–Crippen MR) is 40.9 cm³/mol. The second-order valence-corrected chi connectivity index (χ2v) is 1.90. The Balaban J connectivity index is 3.84. The summed E-state index contributed by atoms with van der Waals surface area (Å²) in [7, 11) is 0. The minimum atomic E-state index is -0.854. The van der Waals surface area contributed by atoms with Crippen molar-refractivity contribution in [2.45, 2.75) is 12.8 Å². The predicted octanol–water partition coefficient (Wildman–Crippen LogP) is -0.388. The van der Waals surface area contributed by atoms with Gasteiger partial charge in [-0.3, -0.25) is 9.59 Å². The summed E-state index contributed by atoms with van der Waals surface area (Å²) >= 11 is 0. The molecule has 68 valence electrons. The first-order valence-corrected chi connectivity index (χ1v) is 3.33. The first-order chi connectivity index (χ1) is 6.20. The molecule has 0 aliphatic carbocycles. The van der Waals surface area contributed by atoms with E-state index >= 15 is 0 Å². The van der Waals surface area contributed by atoms with Crippen LogP contribution in [0.3, 0.4) is 0 Å². The minimum Gasteiger partial charge on any atom is -0.393 e. The van der Waals surface area contributed by atoms with E-state index in [-0.39, 0.29) is 12.8 Å². The van der Waals surface area contributed by atoms with Crippen molar-refractivity contribution in [2.24, 2.45) is 0 Å². The van der Waals surface area contributed by atoms with Gasteiger partial charge >= 0.3 is 11.9 Å².